The third kappa shape index (κ3) is 5.96. The summed E-state index contributed by atoms with van der Waals surface area (Å²) in [5.74, 6) is 0.251. The van der Waals surface area contributed by atoms with E-state index >= 15 is 0 Å². The number of halogens is 1. The van der Waals surface area contributed by atoms with Crippen LogP contribution in [-0.2, 0) is 11.3 Å². The number of anilines is 1. The number of amides is 2. The zero-order valence-electron chi connectivity index (χ0n) is 17.4. The zero-order valence-corrected chi connectivity index (χ0v) is 17.4. The number of aromatic nitrogens is 1. The van der Waals surface area contributed by atoms with Gasteiger partial charge in [-0.25, -0.2) is 9.18 Å². The third-order valence-corrected chi connectivity index (χ3v) is 5.26. The first-order chi connectivity index (χ1) is 15.2. The Bertz CT molecular complexity index is 1000. The molecule has 2 N–H and O–H groups in total. The van der Waals surface area contributed by atoms with Crippen molar-refractivity contribution >= 4 is 22.6 Å². The van der Waals surface area contributed by atoms with Gasteiger partial charge in [-0.1, -0.05) is 0 Å². The molecule has 0 unspecified atom stereocenters. The van der Waals surface area contributed by atoms with E-state index in [0.717, 1.165) is 56.0 Å². The van der Waals surface area contributed by atoms with Gasteiger partial charge in [0.2, 0.25) is 0 Å². The van der Waals surface area contributed by atoms with E-state index in [9.17, 15) is 9.18 Å². The second-order valence-electron chi connectivity index (χ2n) is 7.42. The monoisotopic (exact) mass is 426 g/mol. The summed E-state index contributed by atoms with van der Waals surface area (Å²) in [5, 5.41) is 6.68. The van der Waals surface area contributed by atoms with Gasteiger partial charge in [0.25, 0.3) is 0 Å². The van der Waals surface area contributed by atoms with Crippen molar-refractivity contribution in [3.8, 4) is 5.75 Å². The summed E-state index contributed by atoms with van der Waals surface area (Å²) in [5.41, 5.74) is 1.88. The number of benzene rings is 2. The highest BCUT2D eigenvalue weighted by atomic mass is 19.1. The first-order valence-electron chi connectivity index (χ1n) is 10.5. The summed E-state index contributed by atoms with van der Waals surface area (Å²) in [6, 6.07) is 13.4. The van der Waals surface area contributed by atoms with Crippen molar-refractivity contribution in [3.05, 3.63) is 60.5 Å². The quantitative estimate of drug-likeness (QED) is 0.543. The minimum Gasteiger partial charge on any atom is -0.492 e. The van der Waals surface area contributed by atoms with E-state index in [1.807, 2.05) is 18.2 Å². The maximum atomic E-state index is 12.9. The molecule has 1 saturated heterocycles. The smallest absolute Gasteiger partial charge is 0.319 e. The van der Waals surface area contributed by atoms with Gasteiger partial charge in [-0.2, -0.15) is 0 Å². The number of carbonyl (C=O) groups is 1. The van der Waals surface area contributed by atoms with Crippen LogP contribution in [0.25, 0.3) is 10.9 Å². The predicted octanol–water partition coefficient (Wildman–Crippen LogP) is 3.31. The molecule has 7 nitrogen and oxygen atoms in total. The van der Waals surface area contributed by atoms with Crippen LogP contribution >= 0.6 is 0 Å². The molecule has 1 aromatic heterocycles. The standard InChI is InChI=1S/C23H27FN4O3/c24-19-1-4-21(5-2-19)31-14-8-25-23(29)26-20-3-6-22-18(17-20)7-9-28(22)11-10-27-12-15-30-16-13-27/h1-7,9,17H,8,10-16H2,(H2,25,26,29). The van der Waals surface area contributed by atoms with Gasteiger partial charge in [-0.15, -0.1) is 0 Å². The number of hydrogen-bond acceptors (Lipinski definition) is 4. The molecule has 0 aliphatic carbocycles. The maximum absolute atomic E-state index is 12.9. The summed E-state index contributed by atoms with van der Waals surface area (Å²) in [4.78, 5) is 14.6. The van der Waals surface area contributed by atoms with Crippen molar-refractivity contribution < 1.29 is 18.7 Å². The van der Waals surface area contributed by atoms with Crippen molar-refractivity contribution in [1.29, 1.82) is 0 Å². The van der Waals surface area contributed by atoms with Crippen LogP contribution in [-0.4, -0.2) is 61.5 Å². The summed E-state index contributed by atoms with van der Waals surface area (Å²) >= 11 is 0. The zero-order chi connectivity index (χ0) is 21.5. The lowest BCUT2D eigenvalue weighted by molar-refractivity contribution is 0.0365. The van der Waals surface area contributed by atoms with E-state index in [2.05, 4.69) is 32.4 Å². The summed E-state index contributed by atoms with van der Waals surface area (Å²) in [6.45, 7) is 6.13. The van der Waals surface area contributed by atoms with Gasteiger partial charge in [0.15, 0.2) is 0 Å². The van der Waals surface area contributed by atoms with Crippen LogP contribution in [0.2, 0.25) is 0 Å². The molecule has 0 bridgehead atoms. The van der Waals surface area contributed by atoms with E-state index in [4.69, 9.17) is 9.47 Å². The topological polar surface area (TPSA) is 67.8 Å². The molecular formula is C23H27FN4O3. The SMILES string of the molecule is O=C(NCCOc1ccc(F)cc1)Nc1ccc2c(ccn2CCN2CCOCC2)c1. The van der Waals surface area contributed by atoms with Crippen molar-refractivity contribution in [1.82, 2.24) is 14.8 Å². The molecule has 0 saturated carbocycles. The number of urea groups is 1. The Morgan fingerprint density at radius 2 is 1.87 bits per heavy atom. The number of nitrogens with zero attached hydrogens (tertiary/aromatic N) is 2. The Labute approximate surface area is 180 Å². The van der Waals surface area contributed by atoms with Crippen molar-refractivity contribution in [2.45, 2.75) is 6.54 Å². The van der Waals surface area contributed by atoms with Crippen LogP contribution in [0.15, 0.2) is 54.7 Å². The number of ether oxygens (including phenoxy) is 2. The Morgan fingerprint density at radius 1 is 1.06 bits per heavy atom. The van der Waals surface area contributed by atoms with Crippen molar-refractivity contribution in [3.63, 3.8) is 0 Å². The molecule has 2 aromatic carbocycles. The number of hydrogen-bond donors (Lipinski definition) is 2. The molecule has 8 heteroatoms. The Kier molecular flexibility index (Phi) is 7.01. The van der Waals surface area contributed by atoms with Gasteiger partial charge < -0.3 is 24.7 Å². The summed E-state index contributed by atoms with van der Waals surface area (Å²) in [7, 11) is 0. The van der Waals surface area contributed by atoms with E-state index in [0.29, 0.717) is 18.9 Å². The van der Waals surface area contributed by atoms with E-state index in [1.54, 1.807) is 12.1 Å². The molecule has 164 valence electrons. The largest absolute Gasteiger partial charge is 0.492 e. The molecule has 0 radical (unpaired) electrons. The van der Waals surface area contributed by atoms with Gasteiger partial charge in [-0.05, 0) is 48.5 Å². The van der Waals surface area contributed by atoms with Crippen LogP contribution in [0, 0.1) is 5.82 Å². The molecule has 0 spiro atoms. The first kappa shape index (κ1) is 21.1. The molecule has 2 heterocycles. The van der Waals surface area contributed by atoms with Gasteiger partial charge in [0.1, 0.15) is 18.2 Å². The average molecular weight is 426 g/mol. The lowest BCUT2D eigenvalue weighted by Crippen LogP contribution is -2.38. The second kappa shape index (κ2) is 10.3. The van der Waals surface area contributed by atoms with Crippen LogP contribution in [0.4, 0.5) is 14.9 Å². The highest BCUT2D eigenvalue weighted by Gasteiger charge is 2.11. The van der Waals surface area contributed by atoms with E-state index in [1.165, 1.54) is 12.1 Å². The molecule has 1 aliphatic rings. The molecule has 3 aromatic rings. The predicted molar refractivity (Wildman–Crippen MR) is 118 cm³/mol. The summed E-state index contributed by atoms with van der Waals surface area (Å²) in [6.07, 6.45) is 2.09. The number of morpholine rings is 1. The maximum Gasteiger partial charge on any atom is 0.319 e. The Hall–Kier alpha value is -3.10. The average Bonchev–Trinajstić information content (AvgIpc) is 3.19. The van der Waals surface area contributed by atoms with E-state index < -0.39 is 0 Å². The van der Waals surface area contributed by atoms with Gasteiger partial charge >= 0.3 is 6.03 Å². The lowest BCUT2D eigenvalue weighted by atomic mass is 10.2. The fourth-order valence-corrected chi connectivity index (χ4v) is 3.59. The molecule has 2 amide bonds. The van der Waals surface area contributed by atoms with Crippen LogP contribution in [0.1, 0.15) is 0 Å². The van der Waals surface area contributed by atoms with Crippen LogP contribution in [0.5, 0.6) is 5.75 Å². The molecule has 4 rings (SSSR count). The Morgan fingerprint density at radius 3 is 2.68 bits per heavy atom. The number of fused-ring (bicyclic) bond motifs is 1. The summed E-state index contributed by atoms with van der Waals surface area (Å²) < 4.78 is 26.0. The normalized spacial score (nSPS) is 14.5. The van der Waals surface area contributed by atoms with Gasteiger partial charge in [0, 0.05) is 49.0 Å². The Balaban J connectivity index is 1.23. The van der Waals surface area contributed by atoms with E-state index in [-0.39, 0.29) is 11.8 Å². The van der Waals surface area contributed by atoms with Gasteiger partial charge in [0.05, 0.1) is 19.8 Å². The molecule has 1 aliphatic heterocycles. The molecule has 0 atom stereocenters. The first-order valence-corrected chi connectivity index (χ1v) is 10.5. The van der Waals surface area contributed by atoms with Crippen molar-refractivity contribution in [2.75, 3.05) is 51.3 Å². The minimum atomic E-state index is -0.311. The van der Waals surface area contributed by atoms with Gasteiger partial charge in [-0.3, -0.25) is 4.90 Å². The second-order valence-corrected chi connectivity index (χ2v) is 7.42. The fraction of sp³-hybridized carbons (Fsp3) is 0.348. The highest BCUT2D eigenvalue weighted by Crippen LogP contribution is 2.21. The lowest BCUT2D eigenvalue weighted by Gasteiger charge is -2.26. The minimum absolute atomic E-state index is 0.296. The van der Waals surface area contributed by atoms with Crippen molar-refractivity contribution in [2.24, 2.45) is 0 Å². The number of nitrogens with one attached hydrogen (secondary N) is 2. The molecular weight excluding hydrogens is 399 g/mol. The van der Waals surface area contributed by atoms with Crippen LogP contribution in [0.3, 0.4) is 0 Å². The number of rotatable bonds is 8. The fourth-order valence-electron chi connectivity index (χ4n) is 3.59. The third-order valence-electron chi connectivity index (χ3n) is 5.26. The highest BCUT2D eigenvalue weighted by molar-refractivity contribution is 5.92. The number of carbonyl (C=O) groups excluding carboxylic acids is 1. The molecule has 31 heavy (non-hydrogen) atoms. The molecule has 1 fully saturated rings. The van der Waals surface area contributed by atoms with Crippen LogP contribution < -0.4 is 15.4 Å².